The van der Waals surface area contributed by atoms with Crippen LogP contribution in [0.2, 0.25) is 0 Å². The highest BCUT2D eigenvalue weighted by Crippen LogP contribution is 2.25. The topological polar surface area (TPSA) is 44.0 Å². The molecule has 0 bridgehead atoms. The first kappa shape index (κ1) is 14.1. The van der Waals surface area contributed by atoms with Crippen molar-refractivity contribution in [3.05, 3.63) is 54.1 Å². The van der Waals surface area contributed by atoms with E-state index in [-0.39, 0.29) is 0 Å². The fraction of sp³-hybridized carbons (Fsp3) is 0.316. The van der Waals surface area contributed by atoms with Gasteiger partial charge in [-0.05, 0) is 43.0 Å². The van der Waals surface area contributed by atoms with Gasteiger partial charge in [0.15, 0.2) is 0 Å². The van der Waals surface area contributed by atoms with E-state index >= 15 is 0 Å². The van der Waals surface area contributed by atoms with E-state index in [2.05, 4.69) is 50.5 Å². The van der Waals surface area contributed by atoms with Gasteiger partial charge in [0.2, 0.25) is 5.95 Å². The van der Waals surface area contributed by atoms with Crippen molar-refractivity contribution in [2.24, 2.45) is 0 Å². The fourth-order valence-corrected chi connectivity index (χ4v) is 3.32. The monoisotopic (exact) mass is 306 g/mol. The van der Waals surface area contributed by atoms with Crippen molar-refractivity contribution < 1.29 is 0 Å². The van der Waals surface area contributed by atoms with Crippen molar-refractivity contribution in [1.82, 2.24) is 9.97 Å². The molecule has 2 heterocycles. The molecule has 2 N–H and O–H groups in total. The number of anilines is 2. The molecule has 4 heteroatoms. The Morgan fingerprint density at radius 1 is 0.957 bits per heavy atom. The molecule has 1 aromatic heterocycles. The average Bonchev–Trinajstić information content (AvgIpc) is 3.04. The summed E-state index contributed by atoms with van der Waals surface area (Å²) in [4.78, 5) is 10.4. The molecule has 0 radical (unpaired) electrons. The minimum Gasteiger partial charge on any atom is -0.371 e. The molecule has 4 rings (SSSR count). The van der Waals surface area contributed by atoms with Gasteiger partial charge in [-0.1, -0.05) is 30.3 Å². The molecular formula is C19H22N4. The Bertz CT molecular complexity index is 754. The van der Waals surface area contributed by atoms with Crippen LogP contribution in [0, 0.1) is 0 Å². The minimum absolute atomic E-state index is 0.784. The molecule has 0 amide bonds. The van der Waals surface area contributed by atoms with Crippen LogP contribution >= 0.6 is 0 Å². The third-order valence-electron chi connectivity index (χ3n) is 4.52. The smallest absolute Gasteiger partial charge is 0.201 e. The summed E-state index contributed by atoms with van der Waals surface area (Å²) >= 11 is 0. The molecule has 23 heavy (non-hydrogen) atoms. The largest absolute Gasteiger partial charge is 0.371 e. The van der Waals surface area contributed by atoms with Gasteiger partial charge in [0.25, 0.3) is 0 Å². The van der Waals surface area contributed by atoms with Crippen molar-refractivity contribution in [3.8, 4) is 0 Å². The molecule has 1 aliphatic heterocycles. The number of piperidine rings is 1. The molecule has 0 saturated carbocycles. The van der Waals surface area contributed by atoms with Crippen molar-refractivity contribution >= 4 is 22.7 Å². The molecule has 0 aliphatic carbocycles. The standard InChI is InChI=1S/C19H22N4/c1-6-12-23(13-7-1)18-11-5-2-8-15(18)14-20-19-21-16-9-3-4-10-17(16)22-19/h2-5,8-11H,1,6-7,12-14H2,(H2,20,21,22). The first-order valence-electron chi connectivity index (χ1n) is 8.42. The highest BCUT2D eigenvalue weighted by atomic mass is 15.1. The number of imidazole rings is 1. The SMILES string of the molecule is c1ccc(N2CCCCC2)c(CNc2nc3ccccc3[nH]2)c1. The van der Waals surface area contributed by atoms with E-state index in [1.807, 2.05) is 18.2 Å². The van der Waals surface area contributed by atoms with Gasteiger partial charge in [-0.25, -0.2) is 4.98 Å². The van der Waals surface area contributed by atoms with E-state index in [0.29, 0.717) is 0 Å². The molecule has 2 aromatic carbocycles. The average molecular weight is 306 g/mol. The number of rotatable bonds is 4. The number of fused-ring (bicyclic) bond motifs is 1. The molecule has 0 unspecified atom stereocenters. The van der Waals surface area contributed by atoms with Gasteiger partial charge >= 0.3 is 0 Å². The van der Waals surface area contributed by atoms with Gasteiger partial charge in [0.1, 0.15) is 0 Å². The summed E-state index contributed by atoms with van der Waals surface area (Å²) in [6, 6.07) is 16.8. The zero-order valence-corrected chi connectivity index (χ0v) is 13.3. The zero-order valence-electron chi connectivity index (χ0n) is 13.3. The van der Waals surface area contributed by atoms with Crippen molar-refractivity contribution in [3.63, 3.8) is 0 Å². The van der Waals surface area contributed by atoms with E-state index < -0.39 is 0 Å². The number of aromatic nitrogens is 2. The number of nitrogens with zero attached hydrogens (tertiary/aromatic N) is 2. The predicted molar refractivity (Wildman–Crippen MR) is 95.9 cm³/mol. The van der Waals surface area contributed by atoms with E-state index in [1.54, 1.807) is 0 Å². The van der Waals surface area contributed by atoms with Crippen LogP contribution in [0.3, 0.4) is 0 Å². The minimum atomic E-state index is 0.784. The molecular weight excluding hydrogens is 284 g/mol. The molecule has 1 aliphatic rings. The van der Waals surface area contributed by atoms with E-state index in [1.165, 1.54) is 43.6 Å². The summed E-state index contributed by atoms with van der Waals surface area (Å²) in [5.74, 6) is 0.833. The Morgan fingerprint density at radius 2 is 1.74 bits per heavy atom. The Kier molecular flexibility index (Phi) is 3.88. The first-order chi connectivity index (χ1) is 11.4. The summed E-state index contributed by atoms with van der Waals surface area (Å²) in [5, 5.41) is 3.44. The fourth-order valence-electron chi connectivity index (χ4n) is 3.32. The number of hydrogen-bond donors (Lipinski definition) is 2. The number of aromatic amines is 1. The van der Waals surface area contributed by atoms with E-state index in [0.717, 1.165) is 23.5 Å². The molecule has 1 fully saturated rings. The van der Waals surface area contributed by atoms with Crippen LogP contribution in [0.1, 0.15) is 24.8 Å². The Hall–Kier alpha value is -2.49. The van der Waals surface area contributed by atoms with Crippen LogP contribution in [0.15, 0.2) is 48.5 Å². The van der Waals surface area contributed by atoms with Crippen molar-refractivity contribution in [2.75, 3.05) is 23.3 Å². The van der Waals surface area contributed by atoms with Crippen LogP contribution < -0.4 is 10.2 Å². The maximum atomic E-state index is 4.59. The molecule has 1 saturated heterocycles. The van der Waals surface area contributed by atoms with E-state index in [4.69, 9.17) is 0 Å². The lowest BCUT2D eigenvalue weighted by atomic mass is 10.1. The second-order valence-electron chi connectivity index (χ2n) is 6.13. The van der Waals surface area contributed by atoms with Crippen molar-refractivity contribution in [1.29, 1.82) is 0 Å². The number of nitrogens with one attached hydrogen (secondary N) is 2. The molecule has 4 nitrogen and oxygen atoms in total. The second kappa shape index (κ2) is 6.32. The summed E-state index contributed by atoms with van der Waals surface area (Å²) in [6.07, 6.45) is 3.95. The number of para-hydroxylation sites is 3. The van der Waals surface area contributed by atoms with Gasteiger partial charge < -0.3 is 15.2 Å². The summed E-state index contributed by atoms with van der Waals surface area (Å²) < 4.78 is 0. The molecule has 0 atom stereocenters. The number of H-pyrrole nitrogens is 1. The Balaban J connectivity index is 1.52. The highest BCUT2D eigenvalue weighted by molar-refractivity contribution is 5.77. The van der Waals surface area contributed by atoms with Crippen LogP contribution in [0.25, 0.3) is 11.0 Å². The van der Waals surface area contributed by atoms with Gasteiger partial charge in [-0.15, -0.1) is 0 Å². The highest BCUT2D eigenvalue weighted by Gasteiger charge is 2.14. The summed E-state index contributed by atoms with van der Waals surface area (Å²) in [5.41, 5.74) is 4.75. The third-order valence-corrected chi connectivity index (χ3v) is 4.52. The lowest BCUT2D eigenvalue weighted by Crippen LogP contribution is -2.30. The summed E-state index contributed by atoms with van der Waals surface area (Å²) in [7, 11) is 0. The predicted octanol–water partition coefficient (Wildman–Crippen LogP) is 4.17. The maximum absolute atomic E-state index is 4.59. The van der Waals surface area contributed by atoms with Crippen LogP contribution in [-0.2, 0) is 6.54 Å². The van der Waals surface area contributed by atoms with Gasteiger partial charge in [0.05, 0.1) is 11.0 Å². The number of hydrogen-bond acceptors (Lipinski definition) is 3. The third kappa shape index (κ3) is 3.02. The second-order valence-corrected chi connectivity index (χ2v) is 6.13. The Labute approximate surface area is 136 Å². The molecule has 3 aromatic rings. The van der Waals surface area contributed by atoms with Crippen molar-refractivity contribution in [2.45, 2.75) is 25.8 Å². The van der Waals surface area contributed by atoms with Gasteiger partial charge in [-0.2, -0.15) is 0 Å². The summed E-state index contributed by atoms with van der Waals surface area (Å²) in [6.45, 7) is 3.12. The molecule has 0 spiro atoms. The zero-order chi connectivity index (χ0) is 15.5. The lowest BCUT2D eigenvalue weighted by molar-refractivity contribution is 0.576. The normalized spacial score (nSPS) is 15.0. The quantitative estimate of drug-likeness (QED) is 0.760. The van der Waals surface area contributed by atoms with Crippen LogP contribution in [0.4, 0.5) is 11.6 Å². The van der Waals surface area contributed by atoms with Gasteiger partial charge in [0, 0.05) is 25.3 Å². The maximum Gasteiger partial charge on any atom is 0.201 e. The van der Waals surface area contributed by atoms with Gasteiger partial charge in [-0.3, -0.25) is 0 Å². The molecule has 118 valence electrons. The lowest BCUT2D eigenvalue weighted by Gasteiger charge is -2.30. The van der Waals surface area contributed by atoms with Crippen LogP contribution in [0.5, 0.6) is 0 Å². The Morgan fingerprint density at radius 3 is 2.61 bits per heavy atom. The number of benzene rings is 2. The van der Waals surface area contributed by atoms with Crippen LogP contribution in [-0.4, -0.2) is 23.1 Å². The first-order valence-corrected chi connectivity index (χ1v) is 8.42. The van der Waals surface area contributed by atoms with E-state index in [9.17, 15) is 0 Å².